The van der Waals surface area contributed by atoms with E-state index in [1.165, 1.54) is 6.20 Å². The molecular formula is C28H30N6O5S. The Hall–Kier alpha value is -3.71. The highest BCUT2D eigenvalue weighted by Crippen LogP contribution is 2.30. The lowest BCUT2D eigenvalue weighted by Gasteiger charge is -2.22. The SMILES string of the molecule is Nc1ncc(-c2ccc(S(=O)(=O)C3CCOCC3)cc2)nc1-c1nnc(-c2ccc(CNC3CCOC3)cc2)o1. The maximum Gasteiger partial charge on any atom is 0.270 e. The van der Waals surface area contributed by atoms with Crippen LogP contribution >= 0.6 is 0 Å². The van der Waals surface area contributed by atoms with Crippen molar-refractivity contribution < 1.29 is 22.3 Å². The fourth-order valence-corrected chi connectivity index (χ4v) is 6.56. The summed E-state index contributed by atoms with van der Waals surface area (Å²) in [6.45, 7) is 3.23. The molecule has 11 nitrogen and oxygen atoms in total. The third-order valence-corrected chi connectivity index (χ3v) is 9.52. The molecule has 2 aromatic heterocycles. The van der Waals surface area contributed by atoms with Crippen LogP contribution in [-0.2, 0) is 25.9 Å². The lowest BCUT2D eigenvalue weighted by Crippen LogP contribution is -2.28. The summed E-state index contributed by atoms with van der Waals surface area (Å²) >= 11 is 0. The van der Waals surface area contributed by atoms with Gasteiger partial charge in [0.25, 0.3) is 5.89 Å². The molecule has 208 valence electrons. The standard InChI is InChI=1S/C28H30N6O5S/c29-26-25(28-34-33-27(39-28)20-3-1-18(2-4-20)15-30-21-9-12-38-17-21)32-24(16-31-26)19-5-7-22(8-6-19)40(35,36)23-10-13-37-14-11-23/h1-8,16,21,23,30H,9-15,17H2,(H2,29,31). The molecule has 0 saturated carbocycles. The zero-order chi connectivity index (χ0) is 27.5. The molecule has 4 aromatic rings. The summed E-state index contributed by atoms with van der Waals surface area (Å²) in [5.41, 5.74) is 9.48. The topological polar surface area (TPSA) is 155 Å². The van der Waals surface area contributed by atoms with E-state index in [-0.39, 0.29) is 22.3 Å². The maximum atomic E-state index is 13.0. The van der Waals surface area contributed by atoms with Gasteiger partial charge in [-0.05, 0) is 49.1 Å². The molecule has 2 saturated heterocycles. The number of hydrogen-bond donors (Lipinski definition) is 2. The van der Waals surface area contributed by atoms with Gasteiger partial charge in [0, 0.05) is 43.5 Å². The Morgan fingerprint density at radius 1 is 0.875 bits per heavy atom. The molecule has 2 fully saturated rings. The first-order chi connectivity index (χ1) is 19.5. The summed E-state index contributed by atoms with van der Waals surface area (Å²) < 4.78 is 42.6. The Morgan fingerprint density at radius 3 is 2.30 bits per heavy atom. The molecule has 0 radical (unpaired) electrons. The van der Waals surface area contributed by atoms with E-state index in [1.807, 2.05) is 24.3 Å². The molecule has 12 heteroatoms. The molecule has 0 aliphatic carbocycles. The lowest BCUT2D eigenvalue weighted by molar-refractivity contribution is 0.0983. The normalized spacial score (nSPS) is 18.2. The van der Waals surface area contributed by atoms with Crippen molar-refractivity contribution in [3.05, 3.63) is 60.3 Å². The second kappa shape index (κ2) is 11.4. The molecular weight excluding hydrogens is 532 g/mol. The summed E-state index contributed by atoms with van der Waals surface area (Å²) in [5, 5.41) is 11.4. The van der Waals surface area contributed by atoms with Crippen LogP contribution in [0.5, 0.6) is 0 Å². The van der Waals surface area contributed by atoms with Gasteiger partial charge in [-0.2, -0.15) is 0 Å². The summed E-state index contributed by atoms with van der Waals surface area (Å²) in [4.78, 5) is 9.15. The number of nitrogens with two attached hydrogens (primary N) is 1. The summed E-state index contributed by atoms with van der Waals surface area (Å²) in [6, 6.07) is 14.9. The monoisotopic (exact) mass is 562 g/mol. The van der Waals surface area contributed by atoms with E-state index < -0.39 is 15.1 Å². The van der Waals surface area contributed by atoms with E-state index in [2.05, 4.69) is 25.5 Å². The van der Waals surface area contributed by atoms with Gasteiger partial charge in [-0.25, -0.2) is 18.4 Å². The van der Waals surface area contributed by atoms with Crippen LogP contribution in [0.4, 0.5) is 5.82 Å². The van der Waals surface area contributed by atoms with Crippen molar-refractivity contribution >= 4 is 15.7 Å². The molecule has 3 N–H and O–H groups in total. The number of nitrogens with zero attached hydrogens (tertiary/aromatic N) is 4. The van der Waals surface area contributed by atoms with Crippen LogP contribution in [0.2, 0.25) is 0 Å². The minimum Gasteiger partial charge on any atom is -0.414 e. The second-order valence-corrected chi connectivity index (χ2v) is 12.1. The van der Waals surface area contributed by atoms with E-state index >= 15 is 0 Å². The van der Waals surface area contributed by atoms with Crippen LogP contribution < -0.4 is 11.1 Å². The number of sulfone groups is 1. The number of benzene rings is 2. The van der Waals surface area contributed by atoms with Gasteiger partial charge in [0.1, 0.15) is 0 Å². The van der Waals surface area contributed by atoms with Crippen molar-refractivity contribution in [2.45, 2.75) is 42.0 Å². The molecule has 1 unspecified atom stereocenters. The highest BCUT2D eigenvalue weighted by Gasteiger charge is 2.29. The minimum absolute atomic E-state index is 0.146. The first kappa shape index (κ1) is 26.5. The highest BCUT2D eigenvalue weighted by molar-refractivity contribution is 7.92. The highest BCUT2D eigenvalue weighted by atomic mass is 32.2. The van der Waals surface area contributed by atoms with Crippen molar-refractivity contribution in [3.8, 4) is 34.3 Å². The van der Waals surface area contributed by atoms with Crippen molar-refractivity contribution in [2.75, 3.05) is 32.2 Å². The smallest absolute Gasteiger partial charge is 0.270 e. The van der Waals surface area contributed by atoms with Crippen molar-refractivity contribution in [3.63, 3.8) is 0 Å². The van der Waals surface area contributed by atoms with Crippen molar-refractivity contribution in [1.29, 1.82) is 0 Å². The quantitative estimate of drug-likeness (QED) is 0.325. The van der Waals surface area contributed by atoms with Crippen LogP contribution in [0.25, 0.3) is 34.3 Å². The van der Waals surface area contributed by atoms with Crippen LogP contribution in [-0.4, -0.2) is 66.3 Å². The van der Waals surface area contributed by atoms with Crippen LogP contribution in [0, 0.1) is 0 Å². The summed E-state index contributed by atoms with van der Waals surface area (Å²) in [5.74, 6) is 0.635. The van der Waals surface area contributed by atoms with Crippen LogP contribution in [0.3, 0.4) is 0 Å². The van der Waals surface area contributed by atoms with Crippen molar-refractivity contribution in [1.82, 2.24) is 25.5 Å². The number of anilines is 1. The molecule has 0 bridgehead atoms. The number of nitrogen functional groups attached to an aromatic ring is 1. The lowest BCUT2D eigenvalue weighted by atomic mass is 10.1. The van der Waals surface area contributed by atoms with Gasteiger partial charge in [0.05, 0.1) is 28.6 Å². The zero-order valence-electron chi connectivity index (χ0n) is 21.8. The van der Waals surface area contributed by atoms with Gasteiger partial charge >= 0.3 is 0 Å². The number of hydrogen-bond acceptors (Lipinski definition) is 11. The predicted molar refractivity (Wildman–Crippen MR) is 148 cm³/mol. The molecule has 1 atom stereocenters. The molecule has 6 rings (SSSR count). The van der Waals surface area contributed by atoms with Gasteiger partial charge in [-0.1, -0.05) is 24.3 Å². The average Bonchev–Trinajstić information content (AvgIpc) is 3.70. The van der Waals surface area contributed by atoms with Gasteiger partial charge in [0.15, 0.2) is 21.3 Å². The Bertz CT molecular complexity index is 1560. The third-order valence-electron chi connectivity index (χ3n) is 7.24. The summed E-state index contributed by atoms with van der Waals surface area (Å²) in [7, 11) is -3.43. The van der Waals surface area contributed by atoms with Gasteiger partial charge in [-0.15, -0.1) is 10.2 Å². The van der Waals surface area contributed by atoms with Gasteiger partial charge < -0.3 is 24.9 Å². The van der Waals surface area contributed by atoms with E-state index in [9.17, 15) is 8.42 Å². The molecule has 2 aliphatic rings. The predicted octanol–water partition coefficient (Wildman–Crippen LogP) is 3.27. The number of rotatable bonds is 8. The summed E-state index contributed by atoms with van der Waals surface area (Å²) in [6.07, 6.45) is 3.56. The van der Waals surface area contributed by atoms with Gasteiger partial charge in [0.2, 0.25) is 5.89 Å². The molecule has 2 aromatic carbocycles. The fraction of sp³-hybridized carbons (Fsp3) is 0.357. The Balaban J connectivity index is 1.18. The zero-order valence-corrected chi connectivity index (χ0v) is 22.6. The van der Waals surface area contributed by atoms with E-state index in [0.29, 0.717) is 49.2 Å². The van der Waals surface area contributed by atoms with E-state index in [1.54, 1.807) is 24.3 Å². The van der Waals surface area contributed by atoms with E-state index in [4.69, 9.17) is 19.6 Å². The Labute approximate surface area is 232 Å². The number of nitrogens with one attached hydrogen (secondary N) is 1. The number of ether oxygens (including phenoxy) is 2. The number of aromatic nitrogens is 4. The van der Waals surface area contributed by atoms with E-state index in [0.717, 1.165) is 37.3 Å². The Kier molecular flexibility index (Phi) is 7.57. The molecule has 40 heavy (non-hydrogen) atoms. The second-order valence-electron chi connectivity index (χ2n) is 9.92. The maximum absolute atomic E-state index is 13.0. The Morgan fingerprint density at radius 2 is 1.57 bits per heavy atom. The molecule has 4 heterocycles. The molecule has 0 spiro atoms. The third kappa shape index (κ3) is 5.61. The first-order valence-corrected chi connectivity index (χ1v) is 14.8. The largest absolute Gasteiger partial charge is 0.414 e. The molecule has 0 amide bonds. The fourth-order valence-electron chi connectivity index (χ4n) is 4.85. The van der Waals surface area contributed by atoms with Crippen LogP contribution in [0.15, 0.2) is 64.0 Å². The van der Waals surface area contributed by atoms with Crippen molar-refractivity contribution in [2.24, 2.45) is 0 Å². The minimum atomic E-state index is -3.43. The average molecular weight is 563 g/mol. The van der Waals surface area contributed by atoms with Gasteiger partial charge in [-0.3, -0.25) is 0 Å². The van der Waals surface area contributed by atoms with Crippen LogP contribution in [0.1, 0.15) is 24.8 Å². The first-order valence-electron chi connectivity index (χ1n) is 13.3. The molecule has 2 aliphatic heterocycles.